The van der Waals surface area contributed by atoms with E-state index < -0.39 is 17.7 Å². The van der Waals surface area contributed by atoms with Gasteiger partial charge in [0.2, 0.25) is 0 Å². The second-order valence-electron chi connectivity index (χ2n) is 7.65. The van der Waals surface area contributed by atoms with Gasteiger partial charge in [0.05, 0.1) is 0 Å². The molecule has 4 rings (SSSR count). The monoisotopic (exact) mass is 486 g/mol. The van der Waals surface area contributed by atoms with E-state index in [4.69, 9.17) is 8.83 Å². The molecule has 0 aliphatic carbocycles. The first-order chi connectivity index (χ1) is 17.3. The van der Waals surface area contributed by atoms with Crippen molar-refractivity contribution in [1.82, 2.24) is 0 Å². The van der Waals surface area contributed by atoms with Crippen LogP contribution in [0.3, 0.4) is 0 Å². The Labute approximate surface area is 205 Å². The molecule has 3 amide bonds. The zero-order valence-corrected chi connectivity index (χ0v) is 19.4. The van der Waals surface area contributed by atoms with Crippen LogP contribution in [0.2, 0.25) is 0 Å². The second-order valence-corrected chi connectivity index (χ2v) is 7.65. The van der Waals surface area contributed by atoms with Crippen LogP contribution in [-0.4, -0.2) is 30.6 Å². The number of rotatable bonds is 8. The fraction of sp³-hybridized carbons (Fsp3) is 0.0769. The molecule has 182 valence electrons. The molecule has 0 saturated heterocycles. The molecule has 2 aromatic carbocycles. The number of hydrogen-bond donors (Lipinski definition) is 4. The highest BCUT2D eigenvalue weighted by atomic mass is 16.4. The molecule has 0 aliphatic rings. The summed E-state index contributed by atoms with van der Waals surface area (Å²) in [5.74, 6) is -1.79. The van der Waals surface area contributed by atoms with Crippen molar-refractivity contribution in [3.8, 4) is 0 Å². The number of nitrogens with one attached hydrogen (secondary N) is 4. The van der Waals surface area contributed by atoms with Gasteiger partial charge in [0, 0.05) is 36.7 Å². The molecule has 4 N–H and O–H groups in total. The molecule has 36 heavy (non-hydrogen) atoms. The van der Waals surface area contributed by atoms with E-state index in [9.17, 15) is 19.2 Å². The van der Waals surface area contributed by atoms with E-state index in [2.05, 4.69) is 21.3 Å². The quantitative estimate of drug-likeness (QED) is 0.260. The van der Waals surface area contributed by atoms with Crippen molar-refractivity contribution in [3.63, 3.8) is 0 Å². The molecule has 0 radical (unpaired) electrons. The van der Waals surface area contributed by atoms with E-state index in [1.54, 1.807) is 49.5 Å². The summed E-state index contributed by atoms with van der Waals surface area (Å²) in [6.45, 7) is 1.34. The van der Waals surface area contributed by atoms with Crippen molar-refractivity contribution in [2.75, 3.05) is 28.3 Å². The van der Waals surface area contributed by atoms with E-state index in [-0.39, 0.29) is 28.8 Å². The minimum atomic E-state index is -0.546. The van der Waals surface area contributed by atoms with Gasteiger partial charge in [-0.2, -0.15) is 0 Å². The van der Waals surface area contributed by atoms with Crippen molar-refractivity contribution in [1.29, 1.82) is 0 Å². The molecular formula is C26H22N4O6. The molecule has 0 bridgehead atoms. The van der Waals surface area contributed by atoms with Gasteiger partial charge in [0.15, 0.2) is 28.8 Å². The summed E-state index contributed by atoms with van der Waals surface area (Å²) in [5.41, 5.74) is 2.31. The topological polar surface area (TPSA) is 143 Å². The van der Waals surface area contributed by atoms with Gasteiger partial charge in [-0.1, -0.05) is 6.07 Å². The summed E-state index contributed by atoms with van der Waals surface area (Å²) in [6.07, 6.45) is 0. The van der Waals surface area contributed by atoms with Crippen LogP contribution in [-0.2, 0) is 0 Å². The Balaban J connectivity index is 1.34. The van der Waals surface area contributed by atoms with Crippen molar-refractivity contribution in [2.24, 2.45) is 0 Å². The fourth-order valence-electron chi connectivity index (χ4n) is 3.20. The first-order valence-electron chi connectivity index (χ1n) is 10.8. The Morgan fingerprint density at radius 2 is 0.972 bits per heavy atom. The fourth-order valence-corrected chi connectivity index (χ4v) is 3.20. The molecule has 0 unspecified atom stereocenters. The summed E-state index contributed by atoms with van der Waals surface area (Å²) in [6, 6.07) is 19.2. The van der Waals surface area contributed by atoms with Gasteiger partial charge in [-0.15, -0.1) is 0 Å². The molecule has 10 nitrogen and oxygen atoms in total. The number of carbonyl (C=O) groups is 4. The van der Waals surface area contributed by atoms with Crippen LogP contribution in [0.15, 0.2) is 81.6 Å². The number of hydrogen-bond acceptors (Lipinski definition) is 7. The summed E-state index contributed by atoms with van der Waals surface area (Å²) in [5, 5.41) is 11.0. The first-order valence-corrected chi connectivity index (χ1v) is 10.8. The van der Waals surface area contributed by atoms with Crippen LogP contribution in [0.5, 0.6) is 0 Å². The van der Waals surface area contributed by atoms with Gasteiger partial charge in [0.1, 0.15) is 0 Å². The second kappa shape index (κ2) is 10.4. The summed E-state index contributed by atoms with van der Waals surface area (Å²) in [4.78, 5) is 48.6. The van der Waals surface area contributed by atoms with E-state index in [0.717, 1.165) is 5.69 Å². The minimum Gasteiger partial charge on any atom is -0.448 e. The lowest BCUT2D eigenvalue weighted by Gasteiger charge is -2.07. The van der Waals surface area contributed by atoms with Gasteiger partial charge in [-0.05, 0) is 66.7 Å². The zero-order chi connectivity index (χ0) is 25.7. The molecule has 0 atom stereocenters. The Kier molecular flexibility index (Phi) is 6.96. The molecule has 2 heterocycles. The van der Waals surface area contributed by atoms with Crippen LogP contribution in [0.25, 0.3) is 0 Å². The van der Waals surface area contributed by atoms with E-state index in [1.807, 2.05) is 6.07 Å². The predicted octanol–water partition coefficient (Wildman–Crippen LogP) is 4.87. The van der Waals surface area contributed by atoms with Gasteiger partial charge in [-0.3, -0.25) is 19.2 Å². The van der Waals surface area contributed by atoms with E-state index in [0.29, 0.717) is 17.1 Å². The highest BCUT2D eigenvalue weighted by molar-refractivity contribution is 6.06. The summed E-state index contributed by atoms with van der Waals surface area (Å²) >= 11 is 0. The maximum absolute atomic E-state index is 12.5. The van der Waals surface area contributed by atoms with Gasteiger partial charge >= 0.3 is 0 Å². The number of carbonyl (C=O) groups excluding carboxylic acids is 4. The third kappa shape index (κ3) is 5.68. The number of amides is 3. The molecule has 0 saturated carbocycles. The van der Waals surface area contributed by atoms with Crippen LogP contribution >= 0.6 is 0 Å². The van der Waals surface area contributed by atoms with Crippen molar-refractivity contribution in [3.05, 3.63) is 95.8 Å². The lowest BCUT2D eigenvalue weighted by atomic mass is 10.2. The summed E-state index contributed by atoms with van der Waals surface area (Å²) < 4.78 is 10.6. The average molecular weight is 486 g/mol. The number of anilines is 4. The SMILES string of the molecule is CNc1cccc(NC(=O)c2ccc(C(=O)Nc3ccc(NC(=O)c4ccc(C(C)=O)o4)cc3)o2)c1. The van der Waals surface area contributed by atoms with Crippen molar-refractivity contribution < 1.29 is 28.0 Å². The van der Waals surface area contributed by atoms with Gasteiger partial charge in [-0.25, -0.2) is 0 Å². The molecule has 2 aromatic heterocycles. The Morgan fingerprint density at radius 3 is 1.42 bits per heavy atom. The molecule has 0 aliphatic heterocycles. The standard InChI is InChI=1S/C26H22N4O6/c1-15(31)20-10-11-21(35-20)24(32)28-16-6-8-17(9-7-16)29-25(33)22-12-13-23(36-22)26(34)30-19-5-3-4-18(14-19)27-2/h3-14,27H,1-2H3,(H,28,32)(H,29,33)(H,30,34). The number of Topliss-reactive ketones (excluding diaryl/α,β-unsaturated/α-hetero) is 1. The largest absolute Gasteiger partial charge is 0.448 e. The molecule has 10 heteroatoms. The molecule has 4 aromatic rings. The van der Waals surface area contributed by atoms with Crippen LogP contribution in [0, 0.1) is 0 Å². The maximum atomic E-state index is 12.5. The molecule has 0 fully saturated rings. The first kappa shape index (κ1) is 24.0. The highest BCUT2D eigenvalue weighted by Crippen LogP contribution is 2.19. The maximum Gasteiger partial charge on any atom is 0.291 e. The zero-order valence-electron chi connectivity index (χ0n) is 19.4. The van der Waals surface area contributed by atoms with E-state index in [1.165, 1.54) is 31.2 Å². The van der Waals surface area contributed by atoms with Crippen molar-refractivity contribution >= 4 is 46.3 Å². The third-order valence-corrected chi connectivity index (χ3v) is 5.04. The Bertz CT molecular complexity index is 1430. The third-order valence-electron chi connectivity index (χ3n) is 5.04. The number of ketones is 1. The van der Waals surface area contributed by atoms with Crippen LogP contribution < -0.4 is 21.3 Å². The van der Waals surface area contributed by atoms with E-state index >= 15 is 0 Å². The van der Waals surface area contributed by atoms with Crippen LogP contribution in [0.4, 0.5) is 22.7 Å². The normalized spacial score (nSPS) is 10.4. The molecular weight excluding hydrogens is 464 g/mol. The Hall–Kier alpha value is -5.12. The number of furan rings is 2. The summed E-state index contributed by atoms with van der Waals surface area (Å²) in [7, 11) is 1.77. The van der Waals surface area contributed by atoms with Gasteiger partial charge < -0.3 is 30.1 Å². The lowest BCUT2D eigenvalue weighted by Crippen LogP contribution is -2.13. The lowest BCUT2D eigenvalue weighted by molar-refractivity contribution is 0.0956. The highest BCUT2D eigenvalue weighted by Gasteiger charge is 2.17. The minimum absolute atomic E-state index is 0.00461. The van der Waals surface area contributed by atoms with Gasteiger partial charge in [0.25, 0.3) is 17.7 Å². The molecule has 0 spiro atoms. The Morgan fingerprint density at radius 1 is 0.556 bits per heavy atom. The smallest absolute Gasteiger partial charge is 0.291 e. The number of benzene rings is 2. The average Bonchev–Trinajstić information content (AvgIpc) is 3.56. The van der Waals surface area contributed by atoms with Crippen LogP contribution in [0.1, 0.15) is 49.1 Å². The predicted molar refractivity (Wildman–Crippen MR) is 134 cm³/mol. The van der Waals surface area contributed by atoms with Crippen molar-refractivity contribution in [2.45, 2.75) is 6.92 Å².